The number of nitrogens with one attached hydrogen (secondary N) is 4. The summed E-state index contributed by atoms with van der Waals surface area (Å²) < 4.78 is 15.1. The van der Waals surface area contributed by atoms with Crippen molar-refractivity contribution in [2.24, 2.45) is 17.8 Å². The van der Waals surface area contributed by atoms with Crippen LogP contribution in [0.2, 0.25) is 0 Å². The fourth-order valence-electron chi connectivity index (χ4n) is 9.17. The van der Waals surface area contributed by atoms with E-state index >= 15 is 0 Å². The molecule has 4 amide bonds. The van der Waals surface area contributed by atoms with Crippen molar-refractivity contribution in [1.82, 2.24) is 40.4 Å². The van der Waals surface area contributed by atoms with E-state index in [1.165, 1.54) is 14.2 Å². The largest absolute Gasteiger partial charge is 0.453 e. The van der Waals surface area contributed by atoms with Crippen LogP contribution in [-0.2, 0) is 23.8 Å². The highest BCUT2D eigenvalue weighted by atomic mass is 16.5. The zero-order valence-corrected chi connectivity index (χ0v) is 35.7. The molecule has 2 fully saturated rings. The molecule has 5 atom stereocenters. The van der Waals surface area contributed by atoms with Crippen LogP contribution in [-0.4, -0.2) is 107 Å². The van der Waals surface area contributed by atoms with Crippen LogP contribution in [0.25, 0.3) is 54.7 Å². The predicted octanol–water partition coefficient (Wildman–Crippen LogP) is 7.37. The van der Waals surface area contributed by atoms with E-state index in [2.05, 4.69) is 69.1 Å². The number of carbonyl (C=O) groups is 4. The number of aromatic amines is 2. The predicted molar refractivity (Wildman–Crippen MR) is 233 cm³/mol. The molecule has 4 N–H and O–H groups in total. The number of hydrogen-bond acceptors (Lipinski definition) is 9. The van der Waals surface area contributed by atoms with Crippen LogP contribution >= 0.6 is 0 Å². The third-order valence-electron chi connectivity index (χ3n) is 12.3. The number of likely N-dealkylation sites (tertiary alicyclic amines) is 2. The monoisotopic (exact) mass is 830 g/mol. The van der Waals surface area contributed by atoms with Gasteiger partial charge in [0.15, 0.2) is 0 Å². The average Bonchev–Trinajstić information content (AvgIpc) is 4.09. The quantitative estimate of drug-likeness (QED) is 0.104. The maximum atomic E-state index is 14.0. The summed E-state index contributed by atoms with van der Waals surface area (Å²) in [6, 6.07) is 19.0. The fraction of sp³-hybridized carbons (Fsp3) is 0.435. The molecule has 2 aliphatic heterocycles. The summed E-state index contributed by atoms with van der Waals surface area (Å²) >= 11 is 0. The summed E-state index contributed by atoms with van der Waals surface area (Å²) in [4.78, 5) is 72.9. The number of methoxy groups -OCH3 is 3. The van der Waals surface area contributed by atoms with Crippen LogP contribution in [0.1, 0.15) is 70.7 Å². The van der Waals surface area contributed by atoms with Crippen molar-refractivity contribution < 1.29 is 33.4 Å². The van der Waals surface area contributed by atoms with Gasteiger partial charge in [0.25, 0.3) is 0 Å². The SMILES string of the molecule is COC[C@@H]1C[C@@H](c2nc3c(ccc4cc(-c5ccc6c(ccc7[nH]c([C@@H]8CCCN8C(=O)[C@@H](NC(=O)OC)C(C)C)nc76)c5)ccc43)[nH]2)N(C(=O)[C@@H](NC(=O)OC)C(C)C)C1. The van der Waals surface area contributed by atoms with Crippen molar-refractivity contribution in [3.05, 3.63) is 72.3 Å². The lowest BCUT2D eigenvalue weighted by atomic mass is 9.98. The maximum Gasteiger partial charge on any atom is 0.407 e. The maximum absolute atomic E-state index is 14.0. The lowest BCUT2D eigenvalue weighted by molar-refractivity contribution is -0.136. The molecule has 4 heterocycles. The number of H-pyrrole nitrogens is 2. The molecule has 0 unspecified atom stereocenters. The summed E-state index contributed by atoms with van der Waals surface area (Å²) in [7, 11) is 4.25. The third kappa shape index (κ3) is 7.94. The number of carbonyl (C=O) groups excluding carboxylic acids is 4. The highest BCUT2D eigenvalue weighted by Crippen LogP contribution is 2.39. The first kappa shape index (κ1) is 41.5. The van der Waals surface area contributed by atoms with E-state index in [9.17, 15) is 19.2 Å². The first-order valence-electron chi connectivity index (χ1n) is 21.0. The Morgan fingerprint density at radius 3 is 1.70 bits per heavy atom. The molecule has 0 aliphatic carbocycles. The minimum Gasteiger partial charge on any atom is -0.453 e. The smallest absolute Gasteiger partial charge is 0.407 e. The van der Waals surface area contributed by atoms with Gasteiger partial charge in [0.2, 0.25) is 11.8 Å². The molecule has 61 heavy (non-hydrogen) atoms. The van der Waals surface area contributed by atoms with Crippen LogP contribution < -0.4 is 10.6 Å². The number of amides is 4. The normalized spacial score (nSPS) is 19.1. The van der Waals surface area contributed by atoms with E-state index in [1.807, 2.05) is 49.6 Å². The number of nitrogens with zero attached hydrogens (tertiary/aromatic N) is 4. The standard InChI is InChI=1S/C46H54N8O7/c1-24(2)37(51-45(57)60-6)43(55)53-18-8-9-35(53)41-47-33-16-12-29-20-27(10-14-31(29)39(33)49-41)28-11-15-32-30(21-28)13-17-34-40(32)50-42(48-34)36-19-26(23-59-5)22-54(36)44(56)38(25(3)4)52-46(58)61-7/h10-17,20-21,24-26,35-38H,8-9,18-19,22-23H2,1-7H3,(H,47,49)(H,48,50)(H,51,57)(H,52,58)/t26-,35+,36+,37+,38+/m1/s1. The van der Waals surface area contributed by atoms with Gasteiger partial charge < -0.3 is 44.6 Å². The second-order valence-corrected chi connectivity index (χ2v) is 17.0. The lowest BCUT2D eigenvalue weighted by Gasteiger charge is -2.30. The number of imidazole rings is 2. The second kappa shape index (κ2) is 17.0. The van der Waals surface area contributed by atoms with Crippen molar-refractivity contribution in [2.75, 3.05) is 41.0 Å². The first-order valence-corrected chi connectivity index (χ1v) is 21.0. The number of aromatic nitrogens is 4. The summed E-state index contributed by atoms with van der Waals surface area (Å²) in [5.74, 6) is 0.950. The van der Waals surface area contributed by atoms with E-state index in [-0.39, 0.29) is 41.7 Å². The van der Waals surface area contributed by atoms with Gasteiger partial charge in [0.05, 0.1) is 55.0 Å². The number of alkyl carbamates (subject to hydrolysis) is 2. The molecule has 0 radical (unpaired) electrons. The molecular formula is C46H54N8O7. The second-order valence-electron chi connectivity index (χ2n) is 17.0. The van der Waals surface area contributed by atoms with Crippen LogP contribution in [0, 0.1) is 17.8 Å². The zero-order valence-electron chi connectivity index (χ0n) is 35.7. The zero-order chi connectivity index (χ0) is 43.1. The van der Waals surface area contributed by atoms with Crippen LogP contribution in [0.5, 0.6) is 0 Å². The molecule has 6 aromatic rings. The van der Waals surface area contributed by atoms with Gasteiger partial charge in [-0.3, -0.25) is 9.59 Å². The van der Waals surface area contributed by atoms with Gasteiger partial charge in [0.1, 0.15) is 23.7 Å². The highest BCUT2D eigenvalue weighted by Gasteiger charge is 2.42. The van der Waals surface area contributed by atoms with Gasteiger partial charge in [-0.25, -0.2) is 19.6 Å². The molecule has 4 aromatic carbocycles. The molecule has 320 valence electrons. The van der Waals surface area contributed by atoms with Crippen LogP contribution in [0.3, 0.4) is 0 Å². The van der Waals surface area contributed by atoms with Crippen molar-refractivity contribution in [3.63, 3.8) is 0 Å². The number of fused-ring (bicyclic) bond motifs is 6. The average molecular weight is 831 g/mol. The van der Waals surface area contributed by atoms with Crippen molar-refractivity contribution in [3.8, 4) is 11.1 Å². The summed E-state index contributed by atoms with van der Waals surface area (Å²) in [5.41, 5.74) is 5.56. The van der Waals surface area contributed by atoms with E-state index in [0.29, 0.717) is 31.9 Å². The molecule has 8 rings (SSSR count). The number of ether oxygens (including phenoxy) is 3. The van der Waals surface area contributed by atoms with Gasteiger partial charge >= 0.3 is 12.2 Å². The summed E-state index contributed by atoms with van der Waals surface area (Å²) in [6.07, 6.45) is 1.01. The molecule has 0 spiro atoms. The Balaban J connectivity index is 1.06. The Kier molecular flexibility index (Phi) is 11.6. The summed E-state index contributed by atoms with van der Waals surface area (Å²) in [5, 5.41) is 9.53. The van der Waals surface area contributed by atoms with E-state index in [1.54, 1.807) is 7.11 Å². The molecular weight excluding hydrogens is 777 g/mol. The van der Waals surface area contributed by atoms with Crippen molar-refractivity contribution in [1.29, 1.82) is 0 Å². The molecule has 0 bridgehead atoms. The Bertz CT molecular complexity index is 2630. The minimum atomic E-state index is -0.750. The minimum absolute atomic E-state index is 0.111. The molecule has 2 aromatic heterocycles. The van der Waals surface area contributed by atoms with E-state index in [4.69, 9.17) is 24.2 Å². The molecule has 15 heteroatoms. The van der Waals surface area contributed by atoms with Gasteiger partial charge in [-0.15, -0.1) is 0 Å². The van der Waals surface area contributed by atoms with E-state index < -0.39 is 24.3 Å². The van der Waals surface area contributed by atoms with E-state index in [0.717, 1.165) is 73.4 Å². The third-order valence-corrected chi connectivity index (χ3v) is 12.3. The molecule has 2 aliphatic rings. The number of rotatable bonds is 11. The fourth-order valence-corrected chi connectivity index (χ4v) is 9.17. The topological polar surface area (TPSA) is 184 Å². The van der Waals surface area contributed by atoms with Gasteiger partial charge in [-0.2, -0.15) is 0 Å². The molecule has 0 saturated carbocycles. The number of hydrogen-bond donors (Lipinski definition) is 4. The van der Waals surface area contributed by atoms with Crippen molar-refractivity contribution in [2.45, 2.75) is 71.1 Å². The molecule has 15 nitrogen and oxygen atoms in total. The van der Waals surface area contributed by atoms with Gasteiger partial charge in [-0.1, -0.05) is 64.1 Å². The van der Waals surface area contributed by atoms with Crippen molar-refractivity contribution >= 4 is 67.6 Å². The Morgan fingerprint density at radius 1 is 0.705 bits per heavy atom. The Labute approximate surface area is 353 Å². The first-order chi connectivity index (χ1) is 29.4. The van der Waals surface area contributed by atoms with Crippen LogP contribution in [0.15, 0.2) is 60.7 Å². The number of benzene rings is 4. The van der Waals surface area contributed by atoms with Gasteiger partial charge in [-0.05, 0) is 77.3 Å². The highest BCUT2D eigenvalue weighted by molar-refractivity contribution is 6.07. The Morgan fingerprint density at radius 2 is 1.21 bits per heavy atom. The summed E-state index contributed by atoms with van der Waals surface area (Å²) in [6.45, 7) is 9.19. The lowest BCUT2D eigenvalue weighted by Crippen LogP contribution is -2.51. The van der Waals surface area contributed by atoms with Gasteiger partial charge in [0, 0.05) is 36.9 Å². The molecule has 2 saturated heterocycles. The Hall–Kier alpha value is -6.22. The van der Waals surface area contributed by atoms with Crippen LogP contribution in [0.4, 0.5) is 9.59 Å².